The minimum Gasteiger partial charge on any atom is -0.371 e. The van der Waals surface area contributed by atoms with Gasteiger partial charge >= 0.3 is 0 Å². The number of likely N-dealkylation sites (N-methyl/N-ethyl adjacent to an activating group) is 1. The fourth-order valence-electron chi connectivity index (χ4n) is 5.03. The molecular weight excluding hydrogens is 360 g/mol. The lowest BCUT2D eigenvalue weighted by molar-refractivity contribution is -0.132. The monoisotopic (exact) mass is 392 g/mol. The smallest absolute Gasteiger partial charge is 0.246 e. The van der Waals surface area contributed by atoms with Crippen molar-refractivity contribution in [3.63, 3.8) is 0 Å². The fraction of sp³-hybridized carbons (Fsp3) is 0.500. The lowest BCUT2D eigenvalue weighted by atomic mass is 9.89. The van der Waals surface area contributed by atoms with Gasteiger partial charge in [-0.3, -0.25) is 14.7 Å². The topological polar surface area (TPSA) is 48.5 Å². The van der Waals surface area contributed by atoms with Crippen molar-refractivity contribution < 1.29 is 4.79 Å². The predicted molar refractivity (Wildman–Crippen MR) is 117 cm³/mol. The van der Waals surface area contributed by atoms with Crippen molar-refractivity contribution in [1.82, 2.24) is 15.2 Å². The van der Waals surface area contributed by atoms with Gasteiger partial charge in [-0.05, 0) is 69.3 Å². The number of nitrogens with zero attached hydrogens (tertiary/aromatic N) is 3. The van der Waals surface area contributed by atoms with Gasteiger partial charge in [0.1, 0.15) is 5.54 Å². The molecule has 0 bridgehead atoms. The number of para-hydroxylation sites is 1. The highest BCUT2D eigenvalue weighted by Crippen LogP contribution is 2.40. The molecule has 5 heteroatoms. The number of nitrogens with one attached hydrogen (secondary N) is 1. The second-order valence-electron chi connectivity index (χ2n) is 8.31. The Bertz CT molecular complexity index is 861. The SMILES string of the molecule is CNC(=O)[C@@]1(c2cccc(C)n2)CCCN1Cc1ccccc1N1CCCCC1. The van der Waals surface area contributed by atoms with Gasteiger partial charge in [0.15, 0.2) is 0 Å². The molecule has 2 fully saturated rings. The van der Waals surface area contributed by atoms with Crippen molar-refractivity contribution in [2.24, 2.45) is 0 Å². The third-order valence-electron chi connectivity index (χ3n) is 6.47. The van der Waals surface area contributed by atoms with E-state index in [1.165, 1.54) is 30.5 Å². The number of hydrogen-bond donors (Lipinski definition) is 1. The van der Waals surface area contributed by atoms with Gasteiger partial charge in [0.25, 0.3) is 0 Å². The number of aromatic nitrogens is 1. The first-order chi connectivity index (χ1) is 14.1. The molecule has 1 aromatic heterocycles. The number of benzene rings is 1. The third-order valence-corrected chi connectivity index (χ3v) is 6.47. The summed E-state index contributed by atoms with van der Waals surface area (Å²) in [5, 5.41) is 2.93. The van der Waals surface area contributed by atoms with E-state index >= 15 is 0 Å². The van der Waals surface area contributed by atoms with Crippen LogP contribution in [0.15, 0.2) is 42.5 Å². The van der Waals surface area contributed by atoms with E-state index in [0.717, 1.165) is 50.4 Å². The first kappa shape index (κ1) is 19.9. The molecule has 0 saturated carbocycles. The Morgan fingerprint density at radius 2 is 1.83 bits per heavy atom. The van der Waals surface area contributed by atoms with Gasteiger partial charge in [-0.25, -0.2) is 0 Å². The van der Waals surface area contributed by atoms with E-state index in [1.807, 2.05) is 25.1 Å². The summed E-state index contributed by atoms with van der Waals surface area (Å²) in [5.74, 6) is 0.0450. The van der Waals surface area contributed by atoms with E-state index in [-0.39, 0.29) is 5.91 Å². The number of amides is 1. The Morgan fingerprint density at radius 1 is 1.03 bits per heavy atom. The van der Waals surface area contributed by atoms with Crippen molar-refractivity contribution in [3.8, 4) is 0 Å². The number of carbonyl (C=O) groups is 1. The zero-order valence-corrected chi connectivity index (χ0v) is 17.7. The van der Waals surface area contributed by atoms with Crippen molar-refractivity contribution in [3.05, 3.63) is 59.4 Å². The molecule has 0 radical (unpaired) electrons. The predicted octanol–water partition coefficient (Wildman–Crippen LogP) is 3.62. The first-order valence-corrected chi connectivity index (χ1v) is 10.9. The molecule has 5 nitrogen and oxygen atoms in total. The van der Waals surface area contributed by atoms with Crippen LogP contribution in [0.3, 0.4) is 0 Å². The lowest BCUT2D eigenvalue weighted by Gasteiger charge is -2.38. The van der Waals surface area contributed by atoms with Gasteiger partial charge in [0.2, 0.25) is 5.91 Å². The lowest BCUT2D eigenvalue weighted by Crippen LogP contribution is -2.52. The highest BCUT2D eigenvalue weighted by atomic mass is 16.2. The van der Waals surface area contributed by atoms with Crippen molar-refractivity contribution >= 4 is 11.6 Å². The zero-order chi connectivity index (χ0) is 20.3. The molecule has 0 aliphatic carbocycles. The molecule has 1 N–H and O–H groups in total. The molecule has 2 aliphatic rings. The largest absolute Gasteiger partial charge is 0.371 e. The molecule has 4 rings (SSSR count). The summed E-state index contributed by atoms with van der Waals surface area (Å²) >= 11 is 0. The van der Waals surface area contributed by atoms with Crippen LogP contribution in [-0.4, -0.2) is 42.5 Å². The van der Waals surface area contributed by atoms with E-state index in [1.54, 1.807) is 7.05 Å². The van der Waals surface area contributed by atoms with Crippen LogP contribution in [0.4, 0.5) is 5.69 Å². The number of piperidine rings is 1. The van der Waals surface area contributed by atoms with Gasteiger partial charge in [-0.2, -0.15) is 0 Å². The zero-order valence-electron chi connectivity index (χ0n) is 17.7. The fourth-order valence-corrected chi connectivity index (χ4v) is 5.03. The minimum atomic E-state index is -0.699. The van der Waals surface area contributed by atoms with E-state index in [0.29, 0.717) is 0 Å². The highest BCUT2D eigenvalue weighted by Gasteiger charge is 2.49. The standard InChI is InChI=1S/C24H32N4O/c1-19-10-8-13-22(26-19)24(23(29)25-2)14-9-17-28(24)18-20-11-4-5-12-21(20)27-15-6-3-7-16-27/h4-5,8,10-13H,3,6-7,9,14-18H2,1-2H3,(H,25,29)/t24-/m0/s1. The van der Waals surface area contributed by atoms with Crippen LogP contribution in [0.2, 0.25) is 0 Å². The summed E-state index contributed by atoms with van der Waals surface area (Å²) in [6.07, 6.45) is 5.63. The third kappa shape index (κ3) is 3.76. The summed E-state index contributed by atoms with van der Waals surface area (Å²) < 4.78 is 0. The number of aryl methyl sites for hydroxylation is 1. The molecule has 154 valence electrons. The Morgan fingerprint density at radius 3 is 2.59 bits per heavy atom. The molecule has 29 heavy (non-hydrogen) atoms. The van der Waals surface area contributed by atoms with Crippen LogP contribution in [0.5, 0.6) is 0 Å². The molecule has 2 saturated heterocycles. The first-order valence-electron chi connectivity index (χ1n) is 10.9. The summed E-state index contributed by atoms with van der Waals surface area (Å²) in [5.41, 5.74) is 3.74. The Kier molecular flexibility index (Phi) is 5.86. The van der Waals surface area contributed by atoms with Crippen LogP contribution in [0.1, 0.15) is 49.1 Å². The number of carbonyl (C=O) groups excluding carboxylic acids is 1. The van der Waals surface area contributed by atoms with Crippen molar-refractivity contribution in [2.75, 3.05) is 31.6 Å². The van der Waals surface area contributed by atoms with Crippen molar-refractivity contribution in [2.45, 2.75) is 51.1 Å². The maximum atomic E-state index is 13.2. The molecule has 2 aliphatic heterocycles. The molecule has 1 amide bonds. The Labute approximate surface area is 174 Å². The van der Waals surface area contributed by atoms with E-state index in [9.17, 15) is 4.79 Å². The van der Waals surface area contributed by atoms with Gasteiger partial charge in [0, 0.05) is 38.1 Å². The van der Waals surface area contributed by atoms with Crippen LogP contribution in [0, 0.1) is 6.92 Å². The molecule has 1 atom stereocenters. The summed E-state index contributed by atoms with van der Waals surface area (Å²) in [6, 6.07) is 14.7. The van der Waals surface area contributed by atoms with Gasteiger partial charge in [0.05, 0.1) is 5.69 Å². The van der Waals surface area contributed by atoms with Gasteiger partial charge < -0.3 is 10.2 Å². The number of pyridine rings is 1. The summed E-state index contributed by atoms with van der Waals surface area (Å²) in [4.78, 5) is 22.9. The average molecular weight is 393 g/mol. The molecule has 2 aromatic rings. The normalized spacial score (nSPS) is 22.6. The highest BCUT2D eigenvalue weighted by molar-refractivity contribution is 5.87. The average Bonchev–Trinajstić information content (AvgIpc) is 3.18. The van der Waals surface area contributed by atoms with Crippen LogP contribution < -0.4 is 10.2 Å². The van der Waals surface area contributed by atoms with E-state index < -0.39 is 5.54 Å². The molecule has 0 unspecified atom stereocenters. The van der Waals surface area contributed by atoms with Crippen LogP contribution >= 0.6 is 0 Å². The summed E-state index contributed by atoms with van der Waals surface area (Å²) in [6.45, 7) is 5.90. The summed E-state index contributed by atoms with van der Waals surface area (Å²) in [7, 11) is 1.73. The molecule has 3 heterocycles. The Hall–Kier alpha value is -2.40. The molecule has 1 aromatic carbocycles. The second-order valence-corrected chi connectivity index (χ2v) is 8.31. The quantitative estimate of drug-likeness (QED) is 0.844. The maximum Gasteiger partial charge on any atom is 0.246 e. The number of anilines is 1. The van der Waals surface area contributed by atoms with Crippen LogP contribution in [0.25, 0.3) is 0 Å². The number of hydrogen-bond acceptors (Lipinski definition) is 4. The minimum absolute atomic E-state index is 0.0450. The molecular formula is C24H32N4O. The second kappa shape index (κ2) is 8.54. The van der Waals surface area contributed by atoms with Gasteiger partial charge in [-0.1, -0.05) is 24.3 Å². The van der Waals surface area contributed by atoms with E-state index in [2.05, 4.69) is 39.4 Å². The number of likely N-dealkylation sites (tertiary alicyclic amines) is 1. The van der Waals surface area contributed by atoms with Gasteiger partial charge in [-0.15, -0.1) is 0 Å². The Balaban J connectivity index is 1.70. The maximum absolute atomic E-state index is 13.2. The number of rotatable bonds is 5. The molecule has 0 spiro atoms. The van der Waals surface area contributed by atoms with E-state index in [4.69, 9.17) is 4.98 Å². The van der Waals surface area contributed by atoms with Crippen molar-refractivity contribution in [1.29, 1.82) is 0 Å². The van der Waals surface area contributed by atoms with Crippen LogP contribution in [-0.2, 0) is 16.9 Å².